The van der Waals surface area contributed by atoms with Gasteiger partial charge in [0, 0.05) is 25.2 Å². The number of ether oxygens (including phenoxy) is 1. The smallest absolute Gasteiger partial charge is 0.327 e. The van der Waals surface area contributed by atoms with Crippen LogP contribution in [-0.2, 0) is 9.53 Å². The molecule has 2 saturated carbocycles. The standard InChI is InChI=1S/C17H32N2O2/c1-13(2)11-19(15-7-5-6-8-15)12-17(3,16(20)21-4)18-14-9-10-14/h13-15,18H,5-12H2,1-4H3. The molecule has 0 aliphatic heterocycles. The Morgan fingerprint density at radius 1 is 1.29 bits per heavy atom. The number of hydrogen-bond donors (Lipinski definition) is 1. The first-order valence-corrected chi connectivity index (χ1v) is 8.55. The molecule has 0 spiro atoms. The van der Waals surface area contributed by atoms with Crippen molar-refractivity contribution in [3.8, 4) is 0 Å². The third-order valence-electron chi connectivity index (χ3n) is 4.70. The Bertz CT molecular complexity index is 349. The molecule has 0 aromatic carbocycles. The summed E-state index contributed by atoms with van der Waals surface area (Å²) < 4.78 is 5.08. The third-order valence-corrected chi connectivity index (χ3v) is 4.70. The van der Waals surface area contributed by atoms with Gasteiger partial charge in [-0.25, -0.2) is 0 Å². The molecule has 122 valence electrons. The van der Waals surface area contributed by atoms with Crippen LogP contribution in [0.2, 0.25) is 0 Å². The summed E-state index contributed by atoms with van der Waals surface area (Å²) in [6.45, 7) is 8.35. The highest BCUT2D eigenvalue weighted by atomic mass is 16.5. The summed E-state index contributed by atoms with van der Waals surface area (Å²) >= 11 is 0. The first-order valence-electron chi connectivity index (χ1n) is 8.55. The van der Waals surface area contributed by atoms with Gasteiger partial charge in [0.15, 0.2) is 0 Å². The SMILES string of the molecule is COC(=O)C(C)(CN(CC(C)C)C1CCCC1)NC1CC1. The van der Waals surface area contributed by atoms with E-state index in [2.05, 4.69) is 24.1 Å². The van der Waals surface area contributed by atoms with Crippen molar-refractivity contribution in [2.24, 2.45) is 5.92 Å². The van der Waals surface area contributed by atoms with Gasteiger partial charge < -0.3 is 4.74 Å². The molecule has 2 rings (SSSR count). The zero-order valence-corrected chi connectivity index (χ0v) is 14.2. The van der Waals surface area contributed by atoms with E-state index in [0.717, 1.165) is 13.1 Å². The van der Waals surface area contributed by atoms with Crippen molar-refractivity contribution in [3.63, 3.8) is 0 Å². The molecule has 2 fully saturated rings. The molecule has 1 unspecified atom stereocenters. The van der Waals surface area contributed by atoms with Gasteiger partial charge in [0.1, 0.15) is 5.54 Å². The van der Waals surface area contributed by atoms with Crippen molar-refractivity contribution in [1.29, 1.82) is 0 Å². The van der Waals surface area contributed by atoms with Crippen LogP contribution in [0.25, 0.3) is 0 Å². The van der Waals surface area contributed by atoms with E-state index in [1.54, 1.807) is 0 Å². The van der Waals surface area contributed by atoms with Crippen LogP contribution >= 0.6 is 0 Å². The molecule has 0 aromatic rings. The van der Waals surface area contributed by atoms with Crippen LogP contribution in [0.4, 0.5) is 0 Å². The number of esters is 1. The number of methoxy groups -OCH3 is 1. The number of carbonyl (C=O) groups excluding carboxylic acids is 1. The lowest BCUT2D eigenvalue weighted by molar-refractivity contribution is -0.149. The van der Waals surface area contributed by atoms with Gasteiger partial charge in [0.05, 0.1) is 7.11 Å². The van der Waals surface area contributed by atoms with Gasteiger partial charge in [0.2, 0.25) is 0 Å². The summed E-state index contributed by atoms with van der Waals surface area (Å²) in [5, 5.41) is 3.53. The molecule has 0 heterocycles. The van der Waals surface area contributed by atoms with Crippen LogP contribution < -0.4 is 5.32 Å². The number of carbonyl (C=O) groups is 1. The quantitative estimate of drug-likeness (QED) is 0.699. The van der Waals surface area contributed by atoms with Crippen LogP contribution in [0.15, 0.2) is 0 Å². The lowest BCUT2D eigenvalue weighted by atomic mass is 9.98. The van der Waals surface area contributed by atoms with Gasteiger partial charge in [-0.2, -0.15) is 0 Å². The monoisotopic (exact) mass is 296 g/mol. The summed E-state index contributed by atoms with van der Waals surface area (Å²) in [5.41, 5.74) is -0.576. The van der Waals surface area contributed by atoms with Crippen molar-refractivity contribution in [2.45, 2.75) is 76.9 Å². The Labute approximate surface area is 129 Å². The van der Waals surface area contributed by atoms with Gasteiger partial charge in [0.25, 0.3) is 0 Å². The molecular weight excluding hydrogens is 264 g/mol. The molecular formula is C17H32N2O2. The molecule has 0 aromatic heterocycles. The average Bonchev–Trinajstić information content (AvgIpc) is 3.06. The predicted molar refractivity (Wildman–Crippen MR) is 85.2 cm³/mol. The molecule has 4 heteroatoms. The fourth-order valence-electron chi connectivity index (χ4n) is 3.56. The molecule has 0 saturated heterocycles. The third kappa shape index (κ3) is 4.68. The Morgan fingerprint density at radius 2 is 1.90 bits per heavy atom. The maximum atomic E-state index is 12.3. The minimum atomic E-state index is -0.576. The molecule has 0 amide bonds. The van der Waals surface area contributed by atoms with E-state index < -0.39 is 5.54 Å². The van der Waals surface area contributed by atoms with Crippen LogP contribution in [0, 0.1) is 5.92 Å². The second-order valence-corrected chi connectivity index (χ2v) is 7.50. The summed E-state index contributed by atoms with van der Waals surface area (Å²) in [5.74, 6) is 0.495. The van der Waals surface area contributed by atoms with Gasteiger partial charge in [-0.3, -0.25) is 15.0 Å². The minimum absolute atomic E-state index is 0.124. The average molecular weight is 296 g/mol. The summed E-state index contributed by atoms with van der Waals surface area (Å²) in [6, 6.07) is 1.14. The Kier molecular flexibility index (Phi) is 5.67. The normalized spacial score (nSPS) is 22.8. The van der Waals surface area contributed by atoms with Crippen molar-refractivity contribution in [3.05, 3.63) is 0 Å². The topological polar surface area (TPSA) is 41.6 Å². The van der Waals surface area contributed by atoms with E-state index >= 15 is 0 Å². The lowest BCUT2D eigenvalue weighted by Gasteiger charge is -2.38. The van der Waals surface area contributed by atoms with Crippen molar-refractivity contribution in [1.82, 2.24) is 10.2 Å². The molecule has 1 N–H and O–H groups in total. The minimum Gasteiger partial charge on any atom is -0.468 e. The van der Waals surface area contributed by atoms with E-state index in [1.807, 2.05) is 6.92 Å². The van der Waals surface area contributed by atoms with Crippen LogP contribution in [0.3, 0.4) is 0 Å². The molecule has 2 aliphatic carbocycles. The Morgan fingerprint density at radius 3 is 2.38 bits per heavy atom. The fraction of sp³-hybridized carbons (Fsp3) is 0.941. The zero-order valence-electron chi connectivity index (χ0n) is 14.2. The van der Waals surface area contributed by atoms with Gasteiger partial charge in [-0.05, 0) is 38.5 Å². The van der Waals surface area contributed by atoms with E-state index in [9.17, 15) is 4.79 Å². The largest absolute Gasteiger partial charge is 0.468 e. The molecule has 21 heavy (non-hydrogen) atoms. The number of rotatable bonds is 8. The van der Waals surface area contributed by atoms with Crippen LogP contribution in [-0.4, -0.2) is 48.7 Å². The highest BCUT2D eigenvalue weighted by molar-refractivity contribution is 5.80. The summed E-state index contributed by atoms with van der Waals surface area (Å²) in [7, 11) is 1.50. The van der Waals surface area contributed by atoms with Gasteiger partial charge in [-0.15, -0.1) is 0 Å². The van der Waals surface area contributed by atoms with Crippen molar-refractivity contribution < 1.29 is 9.53 Å². The molecule has 2 aliphatic rings. The first kappa shape index (κ1) is 16.8. The van der Waals surface area contributed by atoms with Crippen molar-refractivity contribution in [2.75, 3.05) is 20.2 Å². The summed E-state index contributed by atoms with van der Waals surface area (Å²) in [4.78, 5) is 14.9. The maximum Gasteiger partial charge on any atom is 0.327 e. The fourth-order valence-corrected chi connectivity index (χ4v) is 3.56. The molecule has 4 nitrogen and oxygen atoms in total. The predicted octanol–water partition coefficient (Wildman–Crippen LogP) is 2.57. The van der Waals surface area contributed by atoms with Crippen LogP contribution in [0.5, 0.6) is 0 Å². The number of nitrogens with one attached hydrogen (secondary N) is 1. The number of hydrogen-bond acceptors (Lipinski definition) is 4. The van der Waals surface area contributed by atoms with Gasteiger partial charge in [-0.1, -0.05) is 26.7 Å². The molecule has 1 atom stereocenters. The second kappa shape index (κ2) is 7.10. The number of nitrogens with zero attached hydrogens (tertiary/aromatic N) is 1. The lowest BCUT2D eigenvalue weighted by Crippen LogP contribution is -2.59. The van der Waals surface area contributed by atoms with Gasteiger partial charge >= 0.3 is 5.97 Å². The maximum absolute atomic E-state index is 12.3. The second-order valence-electron chi connectivity index (χ2n) is 7.50. The Balaban J connectivity index is 2.07. The molecule has 0 radical (unpaired) electrons. The van der Waals surface area contributed by atoms with E-state index in [-0.39, 0.29) is 5.97 Å². The highest BCUT2D eigenvalue weighted by Crippen LogP contribution is 2.28. The highest BCUT2D eigenvalue weighted by Gasteiger charge is 2.42. The first-order chi connectivity index (χ1) is 9.94. The zero-order chi connectivity index (χ0) is 15.5. The molecule has 0 bridgehead atoms. The van der Waals surface area contributed by atoms with E-state index in [1.165, 1.54) is 45.6 Å². The Hall–Kier alpha value is -0.610. The summed E-state index contributed by atoms with van der Waals surface area (Å²) in [6.07, 6.45) is 7.55. The van der Waals surface area contributed by atoms with Crippen LogP contribution in [0.1, 0.15) is 59.3 Å². The van der Waals surface area contributed by atoms with Crippen molar-refractivity contribution >= 4 is 5.97 Å². The van der Waals surface area contributed by atoms with E-state index in [4.69, 9.17) is 4.74 Å². The van der Waals surface area contributed by atoms with E-state index in [0.29, 0.717) is 18.0 Å².